The number of hydrogen-bond acceptors (Lipinski definition) is 6. The molecule has 0 saturated carbocycles. The minimum Gasteiger partial charge on any atom is -0.357 e. The van der Waals surface area contributed by atoms with Crippen LogP contribution in [0, 0.1) is 0 Å². The number of carbonyl (C=O) groups is 1. The number of aromatic nitrogens is 3. The van der Waals surface area contributed by atoms with Crippen LogP contribution in [0.3, 0.4) is 0 Å². The molecule has 7 nitrogen and oxygen atoms in total. The molecule has 134 valence electrons. The van der Waals surface area contributed by atoms with Crippen molar-refractivity contribution in [3.05, 3.63) is 35.6 Å². The Kier molecular flexibility index (Phi) is 5.98. The van der Waals surface area contributed by atoms with Gasteiger partial charge in [0.15, 0.2) is 5.82 Å². The molecule has 0 aliphatic carbocycles. The van der Waals surface area contributed by atoms with Crippen molar-refractivity contribution in [3.63, 3.8) is 0 Å². The lowest BCUT2D eigenvalue weighted by Gasteiger charge is -2.16. The molecule has 3 rings (SSSR count). The zero-order valence-electron chi connectivity index (χ0n) is 14.7. The maximum atomic E-state index is 12.0. The van der Waals surface area contributed by atoms with E-state index < -0.39 is 0 Å². The first-order valence-electron chi connectivity index (χ1n) is 9.02. The van der Waals surface area contributed by atoms with E-state index in [-0.39, 0.29) is 5.91 Å². The molecule has 0 spiro atoms. The maximum absolute atomic E-state index is 12.0. The van der Waals surface area contributed by atoms with Gasteiger partial charge in [0.25, 0.3) is 0 Å². The summed E-state index contributed by atoms with van der Waals surface area (Å²) in [7, 11) is 0. The summed E-state index contributed by atoms with van der Waals surface area (Å²) in [5, 5.41) is 6.80. The van der Waals surface area contributed by atoms with Gasteiger partial charge in [0.05, 0.1) is 0 Å². The Labute approximate surface area is 147 Å². The molecule has 0 bridgehead atoms. The molecule has 1 N–H and O–H groups in total. The first kappa shape index (κ1) is 17.4. The summed E-state index contributed by atoms with van der Waals surface area (Å²) < 4.78 is 5.14. The predicted molar refractivity (Wildman–Crippen MR) is 94.1 cm³/mol. The van der Waals surface area contributed by atoms with Crippen LogP contribution in [0.5, 0.6) is 0 Å². The Morgan fingerprint density at radius 3 is 2.84 bits per heavy atom. The number of aryl methyl sites for hydroxylation is 2. The van der Waals surface area contributed by atoms with Crippen molar-refractivity contribution in [3.8, 4) is 0 Å². The van der Waals surface area contributed by atoms with Gasteiger partial charge in [-0.1, -0.05) is 18.1 Å². The Morgan fingerprint density at radius 2 is 2.12 bits per heavy atom. The van der Waals surface area contributed by atoms with Gasteiger partial charge in [-0.2, -0.15) is 4.98 Å². The lowest BCUT2D eigenvalue weighted by atomic mass is 10.2. The van der Waals surface area contributed by atoms with E-state index in [0.717, 1.165) is 37.3 Å². The minimum atomic E-state index is -0.0288. The third-order valence-corrected chi connectivity index (χ3v) is 4.28. The highest BCUT2D eigenvalue weighted by molar-refractivity contribution is 5.76. The van der Waals surface area contributed by atoms with Crippen LogP contribution in [0.15, 0.2) is 22.9 Å². The van der Waals surface area contributed by atoms with Crippen molar-refractivity contribution < 1.29 is 9.32 Å². The highest BCUT2D eigenvalue weighted by Crippen LogP contribution is 2.17. The second-order valence-electron chi connectivity index (χ2n) is 6.35. The molecule has 1 fully saturated rings. The summed E-state index contributed by atoms with van der Waals surface area (Å²) in [6, 6.07) is 4.05. The minimum absolute atomic E-state index is 0.0288. The fourth-order valence-corrected chi connectivity index (χ4v) is 2.88. The summed E-state index contributed by atoms with van der Waals surface area (Å²) in [5.74, 6) is 2.23. The Morgan fingerprint density at radius 1 is 1.28 bits per heavy atom. The van der Waals surface area contributed by atoms with Crippen molar-refractivity contribution in [2.24, 2.45) is 0 Å². The molecular formula is C18H25N5O2. The smallest absolute Gasteiger partial charge is 0.227 e. The fourth-order valence-electron chi connectivity index (χ4n) is 2.88. The molecular weight excluding hydrogens is 318 g/mol. The molecule has 2 aromatic heterocycles. The number of rotatable bonds is 8. The van der Waals surface area contributed by atoms with Gasteiger partial charge in [0.2, 0.25) is 11.8 Å². The SMILES string of the molecule is CCCc1noc(CCC(=O)NCc2ccc(N3CCCC3)nc2)n1. The van der Waals surface area contributed by atoms with E-state index >= 15 is 0 Å². The zero-order chi connectivity index (χ0) is 17.5. The molecule has 0 atom stereocenters. The molecule has 0 radical (unpaired) electrons. The molecule has 1 aliphatic heterocycles. The van der Waals surface area contributed by atoms with Crippen LogP contribution in [-0.4, -0.2) is 34.1 Å². The second kappa shape index (κ2) is 8.60. The van der Waals surface area contributed by atoms with E-state index in [9.17, 15) is 4.79 Å². The molecule has 1 amide bonds. The molecule has 0 aromatic carbocycles. The number of pyridine rings is 1. The van der Waals surface area contributed by atoms with Crippen molar-refractivity contribution >= 4 is 11.7 Å². The third kappa shape index (κ3) is 5.01. The molecule has 25 heavy (non-hydrogen) atoms. The largest absolute Gasteiger partial charge is 0.357 e. The van der Waals surface area contributed by atoms with Gasteiger partial charge in [-0.3, -0.25) is 4.79 Å². The van der Waals surface area contributed by atoms with Crippen molar-refractivity contribution in [1.29, 1.82) is 0 Å². The topological polar surface area (TPSA) is 84.2 Å². The van der Waals surface area contributed by atoms with E-state index in [1.165, 1.54) is 12.8 Å². The Hall–Kier alpha value is -2.44. The molecule has 7 heteroatoms. The van der Waals surface area contributed by atoms with Crippen LogP contribution in [0.4, 0.5) is 5.82 Å². The molecule has 1 saturated heterocycles. The van der Waals surface area contributed by atoms with Crippen LogP contribution < -0.4 is 10.2 Å². The monoisotopic (exact) mass is 343 g/mol. The van der Waals surface area contributed by atoms with Gasteiger partial charge in [0, 0.05) is 45.1 Å². The van der Waals surface area contributed by atoms with E-state index in [4.69, 9.17) is 4.52 Å². The predicted octanol–water partition coefficient (Wildman–Crippen LogP) is 2.27. The highest BCUT2D eigenvalue weighted by Gasteiger charge is 2.13. The lowest BCUT2D eigenvalue weighted by Crippen LogP contribution is -2.23. The zero-order valence-corrected chi connectivity index (χ0v) is 14.7. The van der Waals surface area contributed by atoms with Gasteiger partial charge >= 0.3 is 0 Å². The molecule has 3 heterocycles. The first-order chi connectivity index (χ1) is 12.2. The van der Waals surface area contributed by atoms with Gasteiger partial charge in [0.1, 0.15) is 5.82 Å². The number of anilines is 1. The number of nitrogens with one attached hydrogen (secondary N) is 1. The van der Waals surface area contributed by atoms with Gasteiger partial charge < -0.3 is 14.7 Å². The number of amides is 1. The van der Waals surface area contributed by atoms with Gasteiger partial charge in [-0.05, 0) is 30.9 Å². The quantitative estimate of drug-likeness (QED) is 0.791. The summed E-state index contributed by atoms with van der Waals surface area (Å²) in [6.07, 6.45) is 6.89. The number of nitrogens with zero attached hydrogens (tertiary/aromatic N) is 4. The average Bonchev–Trinajstić information content (AvgIpc) is 3.31. The fraction of sp³-hybridized carbons (Fsp3) is 0.556. The second-order valence-corrected chi connectivity index (χ2v) is 6.35. The van der Waals surface area contributed by atoms with Crippen LogP contribution >= 0.6 is 0 Å². The average molecular weight is 343 g/mol. The normalized spacial score (nSPS) is 14.0. The van der Waals surface area contributed by atoms with Gasteiger partial charge in [-0.25, -0.2) is 4.98 Å². The maximum Gasteiger partial charge on any atom is 0.227 e. The first-order valence-corrected chi connectivity index (χ1v) is 9.02. The van der Waals surface area contributed by atoms with Crippen LogP contribution in [-0.2, 0) is 24.2 Å². The Bertz CT molecular complexity index is 677. The van der Waals surface area contributed by atoms with Crippen LogP contribution in [0.25, 0.3) is 0 Å². The van der Waals surface area contributed by atoms with Crippen molar-refractivity contribution in [1.82, 2.24) is 20.4 Å². The molecule has 0 unspecified atom stereocenters. The van der Waals surface area contributed by atoms with Crippen molar-refractivity contribution in [2.75, 3.05) is 18.0 Å². The van der Waals surface area contributed by atoms with E-state index in [0.29, 0.717) is 31.1 Å². The third-order valence-electron chi connectivity index (χ3n) is 4.28. The summed E-state index contributed by atoms with van der Waals surface area (Å²) in [4.78, 5) is 23.0. The molecule has 1 aliphatic rings. The summed E-state index contributed by atoms with van der Waals surface area (Å²) in [6.45, 7) is 4.71. The number of hydrogen-bond donors (Lipinski definition) is 1. The van der Waals surface area contributed by atoms with E-state index in [1.54, 1.807) is 0 Å². The molecule has 2 aromatic rings. The summed E-state index contributed by atoms with van der Waals surface area (Å²) >= 11 is 0. The van der Waals surface area contributed by atoms with Crippen LogP contribution in [0.2, 0.25) is 0 Å². The van der Waals surface area contributed by atoms with Crippen LogP contribution in [0.1, 0.15) is 49.9 Å². The summed E-state index contributed by atoms with van der Waals surface area (Å²) in [5.41, 5.74) is 0.999. The van der Waals surface area contributed by atoms with E-state index in [2.05, 4.69) is 32.3 Å². The van der Waals surface area contributed by atoms with E-state index in [1.807, 2.05) is 18.3 Å². The van der Waals surface area contributed by atoms with Crippen molar-refractivity contribution in [2.45, 2.75) is 52.0 Å². The highest BCUT2D eigenvalue weighted by atomic mass is 16.5. The Balaban J connectivity index is 1.40. The standard InChI is InChI=1S/C18H25N5O2/c1-2-5-15-21-18(25-22-15)9-8-17(24)20-13-14-6-7-16(19-12-14)23-10-3-4-11-23/h6-7,12H,2-5,8-11,13H2,1H3,(H,20,24). The van der Waals surface area contributed by atoms with Gasteiger partial charge in [-0.15, -0.1) is 0 Å². The lowest BCUT2D eigenvalue weighted by molar-refractivity contribution is -0.121. The number of carbonyl (C=O) groups excluding carboxylic acids is 1.